The van der Waals surface area contributed by atoms with Gasteiger partial charge in [0.05, 0.1) is 7.11 Å². The van der Waals surface area contributed by atoms with Crippen molar-refractivity contribution in [2.24, 2.45) is 0 Å². The summed E-state index contributed by atoms with van der Waals surface area (Å²) in [5.41, 5.74) is 1.05. The topological polar surface area (TPSA) is 50.8 Å². The second kappa shape index (κ2) is 5.73. The van der Waals surface area contributed by atoms with Crippen LogP contribution in [0.4, 0.5) is 5.69 Å². The molecule has 1 N–H and O–H groups in total. The Morgan fingerprint density at radius 1 is 1.28 bits per heavy atom. The first-order valence-electron chi connectivity index (χ1n) is 6.03. The highest BCUT2D eigenvalue weighted by Gasteiger charge is 2.14. The average molecular weight is 250 g/mol. The maximum Gasteiger partial charge on any atom is 0.308 e. The zero-order valence-electron chi connectivity index (χ0n) is 10.7. The van der Waals surface area contributed by atoms with Gasteiger partial charge < -0.3 is 19.7 Å². The fourth-order valence-corrected chi connectivity index (χ4v) is 2.02. The third kappa shape index (κ3) is 2.92. The van der Waals surface area contributed by atoms with E-state index < -0.39 is 0 Å². The van der Waals surface area contributed by atoms with Crippen molar-refractivity contribution < 1.29 is 14.3 Å². The molecule has 1 saturated heterocycles. The van der Waals surface area contributed by atoms with E-state index in [2.05, 4.69) is 10.2 Å². The molecule has 0 radical (unpaired) electrons. The normalized spacial score (nSPS) is 15.3. The Hall–Kier alpha value is -1.75. The zero-order chi connectivity index (χ0) is 13.0. The van der Waals surface area contributed by atoms with E-state index in [-0.39, 0.29) is 5.97 Å². The summed E-state index contributed by atoms with van der Waals surface area (Å²) >= 11 is 0. The maximum absolute atomic E-state index is 11.1. The Kier molecular flexibility index (Phi) is 4.04. The third-order valence-electron chi connectivity index (χ3n) is 2.88. The molecule has 5 heteroatoms. The van der Waals surface area contributed by atoms with Crippen molar-refractivity contribution in [3.63, 3.8) is 0 Å². The van der Waals surface area contributed by atoms with Crippen molar-refractivity contribution in [3.05, 3.63) is 18.2 Å². The van der Waals surface area contributed by atoms with Crippen LogP contribution in [0.25, 0.3) is 0 Å². The number of esters is 1. The predicted octanol–water partition coefficient (Wildman–Crippen LogP) is 1.03. The van der Waals surface area contributed by atoms with E-state index in [1.54, 1.807) is 7.11 Å². The lowest BCUT2D eigenvalue weighted by Crippen LogP contribution is -2.43. The van der Waals surface area contributed by atoms with Gasteiger partial charge >= 0.3 is 5.97 Å². The van der Waals surface area contributed by atoms with Crippen LogP contribution >= 0.6 is 0 Å². The Bertz CT molecular complexity index is 428. The number of anilines is 1. The molecule has 0 aromatic heterocycles. The summed E-state index contributed by atoms with van der Waals surface area (Å²) in [5, 5.41) is 3.30. The van der Waals surface area contributed by atoms with Gasteiger partial charge in [-0.3, -0.25) is 4.79 Å². The lowest BCUT2D eigenvalue weighted by molar-refractivity contribution is -0.132. The molecule has 18 heavy (non-hydrogen) atoms. The minimum atomic E-state index is -0.342. The van der Waals surface area contributed by atoms with E-state index in [4.69, 9.17) is 9.47 Å². The summed E-state index contributed by atoms with van der Waals surface area (Å²) in [5.74, 6) is 0.705. The molecule has 0 aliphatic carbocycles. The number of hydrogen-bond donors (Lipinski definition) is 1. The van der Waals surface area contributed by atoms with Crippen LogP contribution in [-0.4, -0.2) is 39.3 Å². The van der Waals surface area contributed by atoms with Gasteiger partial charge in [0, 0.05) is 44.9 Å². The first kappa shape index (κ1) is 12.7. The largest absolute Gasteiger partial charge is 0.493 e. The van der Waals surface area contributed by atoms with E-state index in [1.807, 2.05) is 18.2 Å². The number of benzene rings is 1. The molecule has 0 bridgehead atoms. The number of nitrogens with one attached hydrogen (secondary N) is 1. The van der Waals surface area contributed by atoms with Crippen LogP contribution in [-0.2, 0) is 4.79 Å². The second-order valence-corrected chi connectivity index (χ2v) is 4.17. The van der Waals surface area contributed by atoms with Crippen molar-refractivity contribution in [2.75, 3.05) is 38.2 Å². The molecule has 0 spiro atoms. The van der Waals surface area contributed by atoms with Crippen LogP contribution in [0.1, 0.15) is 6.92 Å². The highest BCUT2D eigenvalue weighted by molar-refractivity contribution is 5.71. The molecular formula is C13H18N2O3. The van der Waals surface area contributed by atoms with E-state index >= 15 is 0 Å². The highest BCUT2D eigenvalue weighted by atomic mass is 16.6. The molecule has 1 aliphatic rings. The van der Waals surface area contributed by atoms with Gasteiger partial charge in [0.1, 0.15) is 0 Å². The van der Waals surface area contributed by atoms with E-state index in [0.717, 1.165) is 31.9 Å². The smallest absolute Gasteiger partial charge is 0.308 e. The molecule has 1 aliphatic heterocycles. The molecule has 1 aromatic rings. The van der Waals surface area contributed by atoms with Crippen LogP contribution in [0.2, 0.25) is 0 Å². The van der Waals surface area contributed by atoms with Gasteiger partial charge in [0.25, 0.3) is 0 Å². The number of piperazine rings is 1. The van der Waals surface area contributed by atoms with Crippen molar-refractivity contribution in [3.8, 4) is 11.5 Å². The standard InChI is InChI=1S/C13H18N2O3/c1-10(16)18-13-9-11(3-4-12(13)17-2)15-7-5-14-6-8-15/h3-4,9,14H,5-8H2,1-2H3. The van der Waals surface area contributed by atoms with Gasteiger partial charge in [0.15, 0.2) is 11.5 Å². The summed E-state index contributed by atoms with van der Waals surface area (Å²) < 4.78 is 10.3. The van der Waals surface area contributed by atoms with Gasteiger partial charge in [-0.25, -0.2) is 0 Å². The van der Waals surface area contributed by atoms with Crippen LogP contribution in [0.3, 0.4) is 0 Å². The Labute approximate surface area is 107 Å². The fourth-order valence-electron chi connectivity index (χ4n) is 2.02. The Balaban J connectivity index is 2.23. The Morgan fingerprint density at radius 3 is 2.61 bits per heavy atom. The molecule has 98 valence electrons. The van der Waals surface area contributed by atoms with Crippen molar-refractivity contribution in [2.45, 2.75) is 6.92 Å². The zero-order valence-corrected chi connectivity index (χ0v) is 10.7. The van der Waals surface area contributed by atoms with E-state index in [1.165, 1.54) is 6.92 Å². The number of ether oxygens (including phenoxy) is 2. The molecular weight excluding hydrogens is 232 g/mol. The maximum atomic E-state index is 11.1. The molecule has 0 saturated carbocycles. The molecule has 1 aromatic carbocycles. The quantitative estimate of drug-likeness (QED) is 0.641. The van der Waals surface area contributed by atoms with Crippen LogP contribution in [0.15, 0.2) is 18.2 Å². The molecule has 1 fully saturated rings. The summed E-state index contributed by atoms with van der Waals surface area (Å²) in [6, 6.07) is 5.67. The summed E-state index contributed by atoms with van der Waals surface area (Å²) in [4.78, 5) is 13.3. The number of hydrogen-bond acceptors (Lipinski definition) is 5. The van der Waals surface area contributed by atoms with Crippen LogP contribution in [0.5, 0.6) is 11.5 Å². The third-order valence-corrected chi connectivity index (χ3v) is 2.88. The summed E-state index contributed by atoms with van der Waals surface area (Å²) in [6.07, 6.45) is 0. The Morgan fingerprint density at radius 2 is 2.00 bits per heavy atom. The number of carbonyl (C=O) groups excluding carboxylic acids is 1. The minimum absolute atomic E-state index is 0.342. The second-order valence-electron chi connectivity index (χ2n) is 4.17. The van der Waals surface area contributed by atoms with Gasteiger partial charge in [0.2, 0.25) is 0 Å². The van der Waals surface area contributed by atoms with Crippen LogP contribution in [0, 0.1) is 0 Å². The van der Waals surface area contributed by atoms with Crippen molar-refractivity contribution in [1.29, 1.82) is 0 Å². The number of nitrogens with zero attached hydrogens (tertiary/aromatic N) is 1. The lowest BCUT2D eigenvalue weighted by Gasteiger charge is -2.29. The number of carbonyl (C=O) groups is 1. The SMILES string of the molecule is COc1ccc(N2CCNCC2)cc1OC(C)=O. The molecule has 5 nitrogen and oxygen atoms in total. The van der Waals surface area contributed by atoms with E-state index in [0.29, 0.717) is 11.5 Å². The van der Waals surface area contributed by atoms with Crippen molar-refractivity contribution >= 4 is 11.7 Å². The molecule has 0 unspecified atom stereocenters. The van der Waals surface area contributed by atoms with Gasteiger partial charge in [-0.1, -0.05) is 0 Å². The summed E-state index contributed by atoms with van der Waals surface area (Å²) in [6.45, 7) is 5.22. The monoisotopic (exact) mass is 250 g/mol. The van der Waals surface area contributed by atoms with Gasteiger partial charge in [-0.05, 0) is 12.1 Å². The average Bonchev–Trinajstić information content (AvgIpc) is 2.39. The first-order chi connectivity index (χ1) is 8.70. The molecule has 0 atom stereocenters. The molecule has 1 heterocycles. The predicted molar refractivity (Wildman–Crippen MR) is 69.4 cm³/mol. The molecule has 0 amide bonds. The first-order valence-corrected chi connectivity index (χ1v) is 6.03. The number of rotatable bonds is 3. The minimum Gasteiger partial charge on any atom is -0.493 e. The molecule has 2 rings (SSSR count). The van der Waals surface area contributed by atoms with Crippen LogP contribution < -0.4 is 19.7 Å². The van der Waals surface area contributed by atoms with Gasteiger partial charge in [-0.15, -0.1) is 0 Å². The number of methoxy groups -OCH3 is 1. The van der Waals surface area contributed by atoms with E-state index in [9.17, 15) is 4.79 Å². The highest BCUT2D eigenvalue weighted by Crippen LogP contribution is 2.32. The summed E-state index contributed by atoms with van der Waals surface area (Å²) in [7, 11) is 1.56. The fraction of sp³-hybridized carbons (Fsp3) is 0.462. The van der Waals surface area contributed by atoms with Gasteiger partial charge in [-0.2, -0.15) is 0 Å². The lowest BCUT2D eigenvalue weighted by atomic mass is 10.2. The van der Waals surface area contributed by atoms with Crippen molar-refractivity contribution in [1.82, 2.24) is 5.32 Å².